The molecule has 8 nitrogen and oxygen atoms in total. The number of allylic oxidation sites excluding steroid dienone is 1. The molecular formula is C22H26N6O2. The molecule has 0 aliphatic carbocycles. The van der Waals surface area contributed by atoms with E-state index in [2.05, 4.69) is 15.2 Å². The predicted molar refractivity (Wildman–Crippen MR) is 119 cm³/mol. The number of aliphatic imine (C=N–C) groups is 1. The zero-order valence-corrected chi connectivity index (χ0v) is 16.9. The lowest BCUT2D eigenvalue weighted by Crippen LogP contribution is -2.43. The maximum absolute atomic E-state index is 11.4. The zero-order valence-electron chi connectivity index (χ0n) is 16.9. The summed E-state index contributed by atoms with van der Waals surface area (Å²) < 4.78 is 5.91. The Balaban J connectivity index is 1.58. The van der Waals surface area contributed by atoms with Gasteiger partial charge in [-0.2, -0.15) is 0 Å². The van der Waals surface area contributed by atoms with Crippen molar-refractivity contribution in [3.8, 4) is 0 Å². The van der Waals surface area contributed by atoms with Crippen LogP contribution in [-0.2, 0) is 9.53 Å². The summed E-state index contributed by atoms with van der Waals surface area (Å²) in [6.07, 6.45) is 6.68. The van der Waals surface area contributed by atoms with Crippen molar-refractivity contribution in [1.29, 1.82) is 0 Å². The highest BCUT2D eigenvalue weighted by atomic mass is 16.5. The van der Waals surface area contributed by atoms with Crippen molar-refractivity contribution in [3.63, 3.8) is 0 Å². The summed E-state index contributed by atoms with van der Waals surface area (Å²) in [6, 6.07) is 9.70. The maximum atomic E-state index is 11.4. The van der Waals surface area contributed by atoms with E-state index in [0.29, 0.717) is 24.2 Å². The first-order chi connectivity index (χ1) is 14.6. The van der Waals surface area contributed by atoms with Gasteiger partial charge in [-0.15, -0.1) is 0 Å². The SMILES string of the molecule is CN/C=C\C(N)=C(/C=O)C(N)=Nc1ccc2nc(N3CC4CCC(C3)O4)ccc2c1. The number of rotatable bonds is 6. The van der Waals surface area contributed by atoms with E-state index in [1.807, 2.05) is 30.3 Å². The van der Waals surface area contributed by atoms with Gasteiger partial charge < -0.3 is 26.4 Å². The lowest BCUT2D eigenvalue weighted by atomic mass is 10.1. The Morgan fingerprint density at radius 2 is 2.00 bits per heavy atom. The van der Waals surface area contributed by atoms with E-state index in [1.165, 1.54) is 0 Å². The van der Waals surface area contributed by atoms with Gasteiger partial charge in [0.05, 0.1) is 29.0 Å². The number of carbonyl (C=O) groups is 1. The molecule has 2 bridgehead atoms. The first-order valence-corrected chi connectivity index (χ1v) is 10.0. The van der Waals surface area contributed by atoms with Crippen molar-refractivity contribution >= 4 is 34.5 Å². The molecule has 4 rings (SSSR count). The number of aldehydes is 1. The second-order valence-electron chi connectivity index (χ2n) is 7.51. The molecule has 30 heavy (non-hydrogen) atoms. The molecule has 0 radical (unpaired) electrons. The van der Waals surface area contributed by atoms with Gasteiger partial charge in [-0.3, -0.25) is 4.79 Å². The minimum atomic E-state index is 0.0657. The Bertz CT molecular complexity index is 1030. The molecule has 2 aliphatic rings. The lowest BCUT2D eigenvalue weighted by molar-refractivity contribution is -0.104. The molecule has 0 spiro atoms. The van der Waals surface area contributed by atoms with Gasteiger partial charge in [0.25, 0.3) is 0 Å². The van der Waals surface area contributed by atoms with Gasteiger partial charge in [0.2, 0.25) is 0 Å². The summed E-state index contributed by atoms with van der Waals surface area (Å²) in [5, 5.41) is 3.76. The topological polar surface area (TPSA) is 119 Å². The molecule has 0 amide bonds. The van der Waals surface area contributed by atoms with Crippen LogP contribution in [0.2, 0.25) is 0 Å². The normalized spacial score (nSPS) is 22.4. The number of nitrogens with zero attached hydrogens (tertiary/aromatic N) is 3. The van der Waals surface area contributed by atoms with E-state index < -0.39 is 0 Å². The fourth-order valence-corrected chi connectivity index (χ4v) is 3.89. The number of nitrogens with one attached hydrogen (secondary N) is 1. The van der Waals surface area contributed by atoms with E-state index in [4.69, 9.17) is 21.2 Å². The van der Waals surface area contributed by atoms with E-state index in [-0.39, 0.29) is 17.1 Å². The van der Waals surface area contributed by atoms with Crippen molar-refractivity contribution in [2.24, 2.45) is 16.5 Å². The molecule has 2 saturated heterocycles. The highest BCUT2D eigenvalue weighted by Crippen LogP contribution is 2.30. The smallest absolute Gasteiger partial charge is 0.155 e. The Labute approximate surface area is 175 Å². The second kappa shape index (κ2) is 8.54. The molecule has 3 heterocycles. The van der Waals surface area contributed by atoms with Gasteiger partial charge in [0.1, 0.15) is 11.7 Å². The van der Waals surface area contributed by atoms with Crippen LogP contribution < -0.4 is 21.7 Å². The van der Waals surface area contributed by atoms with Crippen LogP contribution in [0.1, 0.15) is 12.8 Å². The third-order valence-electron chi connectivity index (χ3n) is 5.41. The van der Waals surface area contributed by atoms with Gasteiger partial charge in [0.15, 0.2) is 6.29 Å². The van der Waals surface area contributed by atoms with Crippen molar-refractivity contribution in [1.82, 2.24) is 10.3 Å². The number of nitrogens with two attached hydrogens (primary N) is 2. The molecule has 2 atom stereocenters. The molecule has 5 N–H and O–H groups in total. The number of anilines is 1. The number of benzene rings is 1. The van der Waals surface area contributed by atoms with Gasteiger partial charge in [-0.25, -0.2) is 9.98 Å². The van der Waals surface area contributed by atoms with Crippen LogP contribution >= 0.6 is 0 Å². The first-order valence-electron chi connectivity index (χ1n) is 10.0. The number of ether oxygens (including phenoxy) is 1. The summed E-state index contributed by atoms with van der Waals surface area (Å²) >= 11 is 0. The Morgan fingerprint density at radius 1 is 1.23 bits per heavy atom. The second-order valence-corrected chi connectivity index (χ2v) is 7.51. The van der Waals surface area contributed by atoms with Crippen LogP contribution in [0.15, 0.2) is 58.9 Å². The van der Waals surface area contributed by atoms with Crippen LogP contribution in [0, 0.1) is 0 Å². The number of hydrogen-bond acceptors (Lipinski definition) is 7. The molecule has 8 heteroatoms. The minimum absolute atomic E-state index is 0.0657. The van der Waals surface area contributed by atoms with Crippen LogP contribution in [0.3, 0.4) is 0 Å². The van der Waals surface area contributed by atoms with Crippen molar-refractivity contribution < 1.29 is 9.53 Å². The fraction of sp³-hybridized carbons (Fsp3) is 0.318. The standard InChI is InChI=1S/C22H26N6O2/c1-25-9-8-19(23)18(13-29)22(24)26-15-3-6-20-14(10-15)2-7-21(27-20)28-11-16-4-5-17(12-28)30-16/h2-3,6-10,13,16-17,25H,4-5,11-12,23H2,1H3,(H2,24,26)/b9-8-,19-18-. The molecule has 1 aromatic carbocycles. The molecule has 2 aromatic rings. The van der Waals surface area contributed by atoms with E-state index in [1.54, 1.807) is 19.3 Å². The van der Waals surface area contributed by atoms with E-state index in [0.717, 1.165) is 42.7 Å². The molecule has 1 aromatic heterocycles. The van der Waals surface area contributed by atoms with E-state index >= 15 is 0 Å². The third-order valence-corrected chi connectivity index (χ3v) is 5.41. The number of amidine groups is 1. The summed E-state index contributed by atoms with van der Waals surface area (Å²) in [7, 11) is 1.74. The van der Waals surface area contributed by atoms with Crippen molar-refractivity contribution in [2.45, 2.75) is 25.0 Å². The number of aromatic nitrogens is 1. The maximum Gasteiger partial charge on any atom is 0.155 e. The highest BCUT2D eigenvalue weighted by molar-refractivity contribution is 6.14. The summed E-state index contributed by atoms with van der Waals surface area (Å²) in [6.45, 7) is 1.77. The van der Waals surface area contributed by atoms with Crippen LogP contribution in [0.25, 0.3) is 10.9 Å². The van der Waals surface area contributed by atoms with Crippen molar-refractivity contribution in [2.75, 3.05) is 25.0 Å². The number of hydrogen-bond donors (Lipinski definition) is 3. The highest BCUT2D eigenvalue weighted by Gasteiger charge is 2.34. The Morgan fingerprint density at radius 3 is 2.70 bits per heavy atom. The minimum Gasteiger partial charge on any atom is -0.398 e. The third kappa shape index (κ3) is 4.13. The Kier molecular flexibility index (Phi) is 5.67. The average molecular weight is 406 g/mol. The van der Waals surface area contributed by atoms with Gasteiger partial charge in [-0.1, -0.05) is 0 Å². The zero-order chi connectivity index (χ0) is 21.1. The van der Waals surface area contributed by atoms with Crippen LogP contribution in [0.5, 0.6) is 0 Å². The number of morpholine rings is 1. The van der Waals surface area contributed by atoms with Crippen molar-refractivity contribution in [3.05, 3.63) is 53.9 Å². The first kappa shape index (κ1) is 19.9. The summed E-state index contributed by atoms with van der Waals surface area (Å²) in [5.74, 6) is 1.03. The summed E-state index contributed by atoms with van der Waals surface area (Å²) in [4.78, 5) is 22.9. The van der Waals surface area contributed by atoms with E-state index in [9.17, 15) is 4.79 Å². The molecule has 2 fully saturated rings. The van der Waals surface area contributed by atoms with Crippen LogP contribution in [-0.4, -0.2) is 49.5 Å². The quantitative estimate of drug-likeness (QED) is 0.220. The fourth-order valence-electron chi connectivity index (χ4n) is 3.89. The molecule has 156 valence electrons. The predicted octanol–water partition coefficient (Wildman–Crippen LogP) is 1.74. The van der Waals surface area contributed by atoms with Gasteiger partial charge >= 0.3 is 0 Å². The average Bonchev–Trinajstić information content (AvgIpc) is 3.09. The van der Waals surface area contributed by atoms with Gasteiger partial charge in [-0.05, 0) is 55.4 Å². The van der Waals surface area contributed by atoms with Gasteiger partial charge in [0, 0.05) is 31.2 Å². The molecule has 2 unspecified atom stereocenters. The number of fused-ring (bicyclic) bond motifs is 3. The number of carbonyl (C=O) groups excluding carboxylic acids is 1. The Hall–Kier alpha value is -3.39. The lowest BCUT2D eigenvalue weighted by Gasteiger charge is -2.33. The monoisotopic (exact) mass is 406 g/mol. The number of pyridine rings is 1. The molecular weight excluding hydrogens is 380 g/mol. The molecule has 2 aliphatic heterocycles. The van der Waals surface area contributed by atoms with Crippen LogP contribution in [0.4, 0.5) is 11.5 Å². The molecule has 0 saturated carbocycles. The summed E-state index contributed by atoms with van der Waals surface area (Å²) in [5.41, 5.74) is 13.8. The largest absolute Gasteiger partial charge is 0.398 e.